The third-order valence-electron chi connectivity index (χ3n) is 16.6. The number of ether oxygens (including phenoxy) is 4. The lowest BCUT2D eigenvalue weighted by atomic mass is 10.1. The first-order valence-corrected chi connectivity index (χ1v) is 43.4. The molecule has 0 saturated heterocycles. The SMILES string of the molecule is CC/C=C\C/C=C\C/C=C\CCCCCCCCCC(=O)OCC(COP(=O)(O)OCC(O)COP(=O)(O)OCC(COC(=O)CCCCCCC/C=C\C/C=C\C/C=C\CC)OC(=O)CCCCCCC/C=C\C/C=C\CCCCC)OC(=O)CCCCCCCCC/C=C\C/C=C\C/C=C\CC. The molecule has 17 nitrogen and oxygen atoms in total. The van der Waals surface area contributed by atoms with E-state index in [1.807, 2.05) is 0 Å². The van der Waals surface area contributed by atoms with Crippen LogP contribution in [0, 0.1) is 0 Å². The topological polar surface area (TPSA) is 237 Å². The molecule has 0 rings (SSSR count). The number of phosphoric ester groups is 2. The molecule has 0 saturated carbocycles. The third kappa shape index (κ3) is 75.4. The molecule has 104 heavy (non-hydrogen) atoms. The van der Waals surface area contributed by atoms with Crippen LogP contribution in [0.2, 0.25) is 0 Å². The molecule has 596 valence electrons. The molecule has 0 radical (unpaired) electrons. The molecule has 0 amide bonds. The summed E-state index contributed by atoms with van der Waals surface area (Å²) >= 11 is 0. The second-order valence-corrected chi connectivity index (χ2v) is 29.5. The Kier molecular flexibility index (Phi) is 72.9. The molecular weight excluding hydrogens is 1350 g/mol. The van der Waals surface area contributed by atoms with Gasteiger partial charge in [0.2, 0.25) is 0 Å². The van der Waals surface area contributed by atoms with Crippen LogP contribution in [0.5, 0.6) is 0 Å². The molecule has 0 aromatic heterocycles. The number of rotatable bonds is 75. The molecule has 0 bridgehead atoms. The van der Waals surface area contributed by atoms with E-state index in [2.05, 4.69) is 161 Å². The van der Waals surface area contributed by atoms with Crippen LogP contribution in [0.3, 0.4) is 0 Å². The van der Waals surface area contributed by atoms with Crippen molar-refractivity contribution < 1.29 is 80.2 Å². The van der Waals surface area contributed by atoms with Crippen molar-refractivity contribution in [3.05, 3.63) is 134 Å². The van der Waals surface area contributed by atoms with Crippen molar-refractivity contribution in [2.24, 2.45) is 0 Å². The summed E-state index contributed by atoms with van der Waals surface area (Å²) in [5, 5.41) is 10.7. The van der Waals surface area contributed by atoms with Crippen LogP contribution in [0.25, 0.3) is 0 Å². The fourth-order valence-electron chi connectivity index (χ4n) is 10.5. The standard InChI is InChI=1S/C85H144O17P2/c1-5-9-13-17-21-25-29-33-37-39-43-46-50-54-58-62-66-70-83(88)96-76-81(102-85(90)72-68-64-60-56-52-48-44-40-38-34-30-26-22-18-14-10-6-2)78-100-104(93,94)98-74-79(86)73-97-103(91,92)99-77-80(101-84(89)71-67-63-59-55-51-47-42-36-32-28-24-20-16-12-8-4)75-95-82(87)69-65-61-57-53-49-45-41-35-31-27-23-19-15-11-7-3/h9-11,13-15,21-28,33-38,41-42,79-81,86H,5-8,12,16-20,29-32,39-40,43-78H2,1-4H3,(H,91,92)(H,93,94)/b13-9-,14-10-,15-11-,25-21-,26-22-,27-23-,28-24-,37-33-,38-34-,41-35-,42-36-. The van der Waals surface area contributed by atoms with Gasteiger partial charge in [-0.2, -0.15) is 0 Å². The first kappa shape index (κ1) is 99.2. The van der Waals surface area contributed by atoms with Gasteiger partial charge in [0, 0.05) is 25.7 Å². The molecule has 0 aromatic rings. The molecule has 3 N–H and O–H groups in total. The fraction of sp³-hybridized carbons (Fsp3) is 0.694. The molecule has 19 heteroatoms. The minimum absolute atomic E-state index is 0.0726. The average molecular weight is 1500 g/mol. The van der Waals surface area contributed by atoms with Gasteiger partial charge >= 0.3 is 39.5 Å². The maximum absolute atomic E-state index is 13.1. The summed E-state index contributed by atoms with van der Waals surface area (Å²) in [5.74, 6) is -2.22. The van der Waals surface area contributed by atoms with Gasteiger partial charge in [0.1, 0.15) is 19.3 Å². The zero-order chi connectivity index (χ0) is 76.0. The van der Waals surface area contributed by atoms with Crippen molar-refractivity contribution in [2.45, 2.75) is 341 Å². The zero-order valence-corrected chi connectivity index (χ0v) is 66.9. The molecular formula is C85H144O17P2. The van der Waals surface area contributed by atoms with Crippen molar-refractivity contribution in [3.8, 4) is 0 Å². The van der Waals surface area contributed by atoms with E-state index in [-0.39, 0.29) is 25.7 Å². The maximum atomic E-state index is 13.1. The Morgan fingerprint density at radius 1 is 0.279 bits per heavy atom. The molecule has 5 unspecified atom stereocenters. The summed E-state index contributed by atoms with van der Waals surface area (Å²) in [6, 6.07) is 0. The highest BCUT2D eigenvalue weighted by Crippen LogP contribution is 2.45. The Bertz CT molecular complexity index is 2490. The van der Waals surface area contributed by atoms with Gasteiger partial charge in [-0.3, -0.25) is 37.3 Å². The number of allylic oxidation sites excluding steroid dienone is 22. The van der Waals surface area contributed by atoms with Crippen LogP contribution >= 0.6 is 15.6 Å². The van der Waals surface area contributed by atoms with Crippen molar-refractivity contribution in [2.75, 3.05) is 39.6 Å². The van der Waals surface area contributed by atoms with Gasteiger partial charge in [-0.05, 0) is 154 Å². The second-order valence-electron chi connectivity index (χ2n) is 26.6. The molecule has 0 aromatic carbocycles. The summed E-state index contributed by atoms with van der Waals surface area (Å²) < 4.78 is 68.7. The first-order valence-electron chi connectivity index (χ1n) is 40.4. The van der Waals surface area contributed by atoms with E-state index in [4.69, 9.17) is 37.0 Å². The fourth-order valence-corrected chi connectivity index (χ4v) is 12.1. The quantitative estimate of drug-likeness (QED) is 0.0169. The molecule has 0 fully saturated rings. The van der Waals surface area contributed by atoms with Crippen LogP contribution in [-0.4, -0.2) is 96.7 Å². The van der Waals surface area contributed by atoms with Crippen LogP contribution in [0.15, 0.2) is 134 Å². The lowest BCUT2D eigenvalue weighted by Crippen LogP contribution is -2.30. The van der Waals surface area contributed by atoms with E-state index in [1.54, 1.807) is 0 Å². The minimum Gasteiger partial charge on any atom is -0.462 e. The Hall–Kier alpha value is -4.80. The molecule has 0 heterocycles. The number of hydrogen-bond acceptors (Lipinski definition) is 15. The molecule has 0 aliphatic heterocycles. The van der Waals surface area contributed by atoms with E-state index < -0.39 is 97.5 Å². The monoisotopic (exact) mass is 1500 g/mol. The number of hydrogen-bond donors (Lipinski definition) is 3. The Labute approximate surface area is 631 Å². The minimum atomic E-state index is -4.99. The second kappa shape index (κ2) is 76.4. The summed E-state index contributed by atoms with van der Waals surface area (Å²) in [6.07, 6.45) is 85.6. The molecule has 5 atom stereocenters. The summed E-state index contributed by atoms with van der Waals surface area (Å²) in [5.41, 5.74) is 0. The van der Waals surface area contributed by atoms with Crippen LogP contribution < -0.4 is 0 Å². The Balaban J connectivity index is 5.40. The number of aliphatic hydroxyl groups is 1. The highest BCUT2D eigenvalue weighted by atomic mass is 31.2. The van der Waals surface area contributed by atoms with Crippen LogP contribution in [0.1, 0.15) is 323 Å². The van der Waals surface area contributed by atoms with Crippen LogP contribution in [-0.2, 0) is 65.4 Å². The normalized spacial score (nSPS) is 14.6. The highest BCUT2D eigenvalue weighted by Gasteiger charge is 2.30. The lowest BCUT2D eigenvalue weighted by molar-refractivity contribution is -0.161. The van der Waals surface area contributed by atoms with Crippen LogP contribution in [0.4, 0.5) is 0 Å². The van der Waals surface area contributed by atoms with Crippen molar-refractivity contribution >= 4 is 39.5 Å². The van der Waals surface area contributed by atoms with Gasteiger partial charge in [-0.25, -0.2) is 9.13 Å². The van der Waals surface area contributed by atoms with Gasteiger partial charge < -0.3 is 33.8 Å². The van der Waals surface area contributed by atoms with E-state index in [9.17, 15) is 43.2 Å². The molecule has 0 aliphatic carbocycles. The van der Waals surface area contributed by atoms with Gasteiger partial charge in [-0.15, -0.1) is 0 Å². The Morgan fingerprint density at radius 3 is 0.769 bits per heavy atom. The highest BCUT2D eigenvalue weighted by molar-refractivity contribution is 7.47. The van der Waals surface area contributed by atoms with Crippen molar-refractivity contribution in [1.29, 1.82) is 0 Å². The number of aliphatic hydroxyl groups excluding tert-OH is 1. The van der Waals surface area contributed by atoms with Gasteiger partial charge in [0.25, 0.3) is 0 Å². The smallest absolute Gasteiger partial charge is 0.462 e. The van der Waals surface area contributed by atoms with E-state index in [0.29, 0.717) is 25.7 Å². The van der Waals surface area contributed by atoms with Crippen molar-refractivity contribution in [3.63, 3.8) is 0 Å². The number of carbonyl (C=O) groups is 4. The summed E-state index contributed by atoms with van der Waals surface area (Å²) in [7, 11) is -9.98. The predicted octanol–water partition coefficient (Wildman–Crippen LogP) is 23.7. The van der Waals surface area contributed by atoms with Gasteiger partial charge in [0.05, 0.1) is 26.4 Å². The number of phosphoric acid groups is 2. The van der Waals surface area contributed by atoms with E-state index in [1.165, 1.54) is 19.3 Å². The number of esters is 4. The van der Waals surface area contributed by atoms with Gasteiger partial charge in [-0.1, -0.05) is 277 Å². The van der Waals surface area contributed by atoms with Crippen molar-refractivity contribution in [1.82, 2.24) is 0 Å². The summed E-state index contributed by atoms with van der Waals surface area (Å²) in [4.78, 5) is 73.1. The third-order valence-corrected chi connectivity index (χ3v) is 18.5. The number of unbranched alkanes of at least 4 members (excludes halogenated alkanes) is 27. The predicted molar refractivity (Wildman–Crippen MR) is 427 cm³/mol. The average Bonchev–Trinajstić information content (AvgIpc) is 0.926. The summed E-state index contributed by atoms with van der Waals surface area (Å²) in [6.45, 7) is 4.48. The Morgan fingerprint density at radius 2 is 0.500 bits per heavy atom. The van der Waals surface area contributed by atoms with Gasteiger partial charge in [0.15, 0.2) is 12.2 Å². The van der Waals surface area contributed by atoms with E-state index >= 15 is 0 Å². The van der Waals surface area contributed by atoms with E-state index in [0.717, 1.165) is 225 Å². The lowest BCUT2D eigenvalue weighted by Gasteiger charge is -2.21. The number of carbonyl (C=O) groups excluding carboxylic acids is 4. The molecule has 0 spiro atoms. The zero-order valence-electron chi connectivity index (χ0n) is 65.2. The largest absolute Gasteiger partial charge is 0.472 e. The maximum Gasteiger partial charge on any atom is 0.472 e. The first-order chi connectivity index (χ1) is 50.7. The molecule has 0 aliphatic rings.